The molecule has 1 rings (SSSR count). The zero-order chi connectivity index (χ0) is 11.1. The number of nitrogens with one attached hydrogen (secondary N) is 1. The Hall–Kier alpha value is -0.610. The molecule has 1 unspecified atom stereocenters. The predicted molar refractivity (Wildman–Crippen MR) is 61.6 cm³/mol. The van der Waals surface area contributed by atoms with Crippen molar-refractivity contribution in [3.05, 3.63) is 0 Å². The molecule has 4 nitrogen and oxygen atoms in total. The first kappa shape index (κ1) is 12.5. The average molecular weight is 213 g/mol. The van der Waals surface area contributed by atoms with E-state index in [9.17, 15) is 4.79 Å². The lowest BCUT2D eigenvalue weighted by atomic mass is 10.1. The number of hydrogen-bond acceptors (Lipinski definition) is 3. The normalized spacial score (nSPS) is 21.9. The van der Waals surface area contributed by atoms with Crippen molar-refractivity contribution in [3.63, 3.8) is 0 Å². The molecule has 1 saturated heterocycles. The number of nitrogens with two attached hydrogens (primary N) is 1. The van der Waals surface area contributed by atoms with E-state index in [-0.39, 0.29) is 5.91 Å². The van der Waals surface area contributed by atoms with Gasteiger partial charge in [0, 0.05) is 26.1 Å². The highest BCUT2D eigenvalue weighted by molar-refractivity contribution is 5.75. The van der Waals surface area contributed by atoms with E-state index in [0.717, 1.165) is 26.1 Å². The maximum Gasteiger partial charge on any atom is 0.221 e. The summed E-state index contributed by atoms with van der Waals surface area (Å²) in [5.74, 6) is 0.138. The molecule has 1 atom stereocenters. The molecule has 1 heterocycles. The van der Waals surface area contributed by atoms with Crippen LogP contribution < -0.4 is 11.1 Å². The summed E-state index contributed by atoms with van der Waals surface area (Å²) in [4.78, 5) is 13.6. The molecule has 1 amide bonds. The van der Waals surface area contributed by atoms with Crippen LogP contribution in [0.4, 0.5) is 0 Å². The Bertz CT molecular complexity index is 196. The molecule has 0 radical (unpaired) electrons. The topological polar surface area (TPSA) is 58.4 Å². The second kappa shape index (κ2) is 6.80. The van der Waals surface area contributed by atoms with Crippen molar-refractivity contribution in [3.8, 4) is 0 Å². The summed E-state index contributed by atoms with van der Waals surface area (Å²) >= 11 is 0. The lowest BCUT2D eigenvalue weighted by Crippen LogP contribution is -2.33. The summed E-state index contributed by atoms with van der Waals surface area (Å²) in [5, 5.41) is 2.66. The molecule has 0 bridgehead atoms. The van der Waals surface area contributed by atoms with Crippen molar-refractivity contribution in [1.82, 2.24) is 10.2 Å². The van der Waals surface area contributed by atoms with E-state index in [1.807, 2.05) is 0 Å². The molecule has 0 aromatic rings. The van der Waals surface area contributed by atoms with Gasteiger partial charge >= 0.3 is 0 Å². The fourth-order valence-corrected chi connectivity index (χ4v) is 2.24. The second-order valence-corrected chi connectivity index (χ2v) is 4.19. The molecule has 0 spiro atoms. The van der Waals surface area contributed by atoms with Crippen LogP contribution in [0.25, 0.3) is 0 Å². The van der Waals surface area contributed by atoms with Gasteiger partial charge < -0.3 is 11.1 Å². The smallest absolute Gasteiger partial charge is 0.221 e. The molecular formula is C11H23N3O. The summed E-state index contributed by atoms with van der Waals surface area (Å²) in [6.45, 7) is 2.82. The fraction of sp³-hybridized carbons (Fsp3) is 0.909. The van der Waals surface area contributed by atoms with Crippen molar-refractivity contribution in [1.29, 1.82) is 0 Å². The Labute approximate surface area is 92.2 Å². The molecule has 0 aromatic carbocycles. The highest BCUT2D eigenvalue weighted by Crippen LogP contribution is 2.20. The van der Waals surface area contributed by atoms with Gasteiger partial charge in [-0.15, -0.1) is 0 Å². The van der Waals surface area contributed by atoms with Crippen LogP contribution in [-0.4, -0.2) is 43.5 Å². The zero-order valence-electron chi connectivity index (χ0n) is 9.67. The van der Waals surface area contributed by atoms with E-state index >= 15 is 0 Å². The maximum absolute atomic E-state index is 11.1. The van der Waals surface area contributed by atoms with Crippen LogP contribution >= 0.6 is 0 Å². The molecule has 15 heavy (non-hydrogen) atoms. The van der Waals surface area contributed by atoms with Crippen molar-refractivity contribution in [2.24, 2.45) is 5.73 Å². The van der Waals surface area contributed by atoms with Crippen molar-refractivity contribution in [2.75, 3.05) is 26.7 Å². The Morgan fingerprint density at radius 2 is 2.40 bits per heavy atom. The largest absolute Gasteiger partial charge is 0.359 e. The van der Waals surface area contributed by atoms with E-state index in [2.05, 4.69) is 10.2 Å². The van der Waals surface area contributed by atoms with E-state index in [0.29, 0.717) is 12.5 Å². The SMILES string of the molecule is CNC(=O)CCN1CCCC1CCCN. The third kappa shape index (κ3) is 4.18. The van der Waals surface area contributed by atoms with Crippen LogP contribution in [-0.2, 0) is 4.79 Å². The summed E-state index contributed by atoms with van der Waals surface area (Å²) < 4.78 is 0. The zero-order valence-corrected chi connectivity index (χ0v) is 9.67. The summed E-state index contributed by atoms with van der Waals surface area (Å²) in [5.41, 5.74) is 5.51. The quantitative estimate of drug-likeness (QED) is 0.668. The summed E-state index contributed by atoms with van der Waals surface area (Å²) in [6, 6.07) is 0.665. The van der Waals surface area contributed by atoms with Gasteiger partial charge in [0.1, 0.15) is 0 Å². The van der Waals surface area contributed by atoms with Crippen LogP contribution in [0.1, 0.15) is 32.1 Å². The number of likely N-dealkylation sites (tertiary alicyclic amines) is 1. The van der Waals surface area contributed by atoms with Gasteiger partial charge in [-0.25, -0.2) is 0 Å². The molecule has 0 aromatic heterocycles. The average Bonchev–Trinajstić information content (AvgIpc) is 2.70. The fourth-order valence-electron chi connectivity index (χ4n) is 2.24. The highest BCUT2D eigenvalue weighted by Gasteiger charge is 2.23. The van der Waals surface area contributed by atoms with E-state index < -0.39 is 0 Å². The van der Waals surface area contributed by atoms with Crippen LogP contribution in [0.15, 0.2) is 0 Å². The lowest BCUT2D eigenvalue weighted by Gasteiger charge is -2.23. The first-order valence-electron chi connectivity index (χ1n) is 5.92. The minimum absolute atomic E-state index is 0.138. The number of amides is 1. The summed E-state index contributed by atoms with van der Waals surface area (Å²) in [7, 11) is 1.69. The Balaban J connectivity index is 2.23. The van der Waals surface area contributed by atoms with E-state index in [1.54, 1.807) is 7.05 Å². The molecule has 1 aliphatic rings. The molecule has 4 heteroatoms. The number of carbonyl (C=O) groups excluding carboxylic acids is 1. The molecule has 3 N–H and O–H groups in total. The van der Waals surface area contributed by atoms with Gasteiger partial charge in [-0.2, -0.15) is 0 Å². The lowest BCUT2D eigenvalue weighted by molar-refractivity contribution is -0.120. The standard InChI is InChI=1S/C11H23N3O/c1-13-11(15)6-9-14-8-3-5-10(14)4-2-7-12/h10H,2-9,12H2,1H3,(H,13,15). The minimum Gasteiger partial charge on any atom is -0.359 e. The molecule has 0 saturated carbocycles. The predicted octanol–water partition coefficient (Wildman–Crippen LogP) is 0.326. The van der Waals surface area contributed by atoms with Crippen LogP contribution in [0.2, 0.25) is 0 Å². The Morgan fingerprint density at radius 3 is 3.07 bits per heavy atom. The highest BCUT2D eigenvalue weighted by atomic mass is 16.1. The minimum atomic E-state index is 0.138. The number of carbonyl (C=O) groups is 1. The van der Waals surface area contributed by atoms with Gasteiger partial charge in [-0.3, -0.25) is 9.69 Å². The van der Waals surface area contributed by atoms with Crippen LogP contribution in [0.3, 0.4) is 0 Å². The Kier molecular flexibility index (Phi) is 5.65. The van der Waals surface area contributed by atoms with Crippen LogP contribution in [0, 0.1) is 0 Å². The molecular weight excluding hydrogens is 190 g/mol. The summed E-state index contributed by atoms with van der Waals surface area (Å²) in [6.07, 6.45) is 5.44. The maximum atomic E-state index is 11.1. The molecule has 0 aliphatic carbocycles. The van der Waals surface area contributed by atoms with Gasteiger partial charge in [0.2, 0.25) is 5.91 Å². The first-order chi connectivity index (χ1) is 7.27. The third-order valence-corrected chi connectivity index (χ3v) is 3.15. The van der Waals surface area contributed by atoms with Crippen molar-refractivity contribution >= 4 is 5.91 Å². The number of nitrogens with zero attached hydrogens (tertiary/aromatic N) is 1. The van der Waals surface area contributed by atoms with Gasteiger partial charge in [-0.1, -0.05) is 0 Å². The number of rotatable bonds is 6. The van der Waals surface area contributed by atoms with E-state index in [4.69, 9.17) is 5.73 Å². The first-order valence-corrected chi connectivity index (χ1v) is 5.92. The molecule has 88 valence electrons. The van der Waals surface area contributed by atoms with Crippen molar-refractivity contribution < 1.29 is 4.79 Å². The van der Waals surface area contributed by atoms with Gasteiger partial charge in [0.25, 0.3) is 0 Å². The van der Waals surface area contributed by atoms with Crippen LogP contribution in [0.5, 0.6) is 0 Å². The Morgan fingerprint density at radius 1 is 1.60 bits per heavy atom. The monoisotopic (exact) mass is 213 g/mol. The number of hydrogen-bond donors (Lipinski definition) is 2. The van der Waals surface area contributed by atoms with E-state index in [1.165, 1.54) is 19.3 Å². The van der Waals surface area contributed by atoms with Gasteiger partial charge in [0.15, 0.2) is 0 Å². The van der Waals surface area contributed by atoms with Gasteiger partial charge in [0.05, 0.1) is 0 Å². The molecule has 1 aliphatic heterocycles. The van der Waals surface area contributed by atoms with Crippen molar-refractivity contribution in [2.45, 2.75) is 38.1 Å². The third-order valence-electron chi connectivity index (χ3n) is 3.15. The van der Waals surface area contributed by atoms with Gasteiger partial charge in [-0.05, 0) is 38.8 Å². The second-order valence-electron chi connectivity index (χ2n) is 4.19. The molecule has 1 fully saturated rings.